The van der Waals surface area contributed by atoms with Gasteiger partial charge in [0.2, 0.25) is 5.91 Å². The average Bonchev–Trinajstić information content (AvgIpc) is 2.38. The van der Waals surface area contributed by atoms with Gasteiger partial charge < -0.3 is 15.5 Å². The van der Waals surface area contributed by atoms with Crippen LogP contribution >= 0.6 is 0 Å². The lowest BCUT2D eigenvalue weighted by molar-refractivity contribution is -0.123. The summed E-state index contributed by atoms with van der Waals surface area (Å²) in [5.41, 5.74) is 0. The topological polar surface area (TPSA) is 44.4 Å². The van der Waals surface area contributed by atoms with E-state index >= 15 is 0 Å². The number of likely N-dealkylation sites (tertiary alicyclic amines) is 1. The SMILES string of the molecule is CCCN1CCCC(C(C)NC(C)C(=O)NC(C)C)C1. The minimum atomic E-state index is -0.117. The maximum Gasteiger partial charge on any atom is 0.237 e. The molecule has 1 fully saturated rings. The van der Waals surface area contributed by atoms with Crippen molar-refractivity contribution in [1.29, 1.82) is 0 Å². The normalized spacial score (nSPS) is 23.6. The Morgan fingerprint density at radius 2 is 2.00 bits per heavy atom. The highest BCUT2D eigenvalue weighted by Gasteiger charge is 2.26. The highest BCUT2D eigenvalue weighted by Crippen LogP contribution is 2.20. The van der Waals surface area contributed by atoms with E-state index in [0.29, 0.717) is 12.0 Å². The van der Waals surface area contributed by atoms with Gasteiger partial charge in [0.05, 0.1) is 6.04 Å². The second kappa shape index (κ2) is 8.63. The molecule has 118 valence electrons. The molecule has 0 aromatic rings. The molecule has 0 aromatic heterocycles. The number of hydrogen-bond donors (Lipinski definition) is 2. The Morgan fingerprint density at radius 1 is 1.30 bits per heavy atom. The predicted octanol–water partition coefficient (Wildman–Crippen LogP) is 2.00. The number of carbonyl (C=O) groups is 1. The van der Waals surface area contributed by atoms with Crippen molar-refractivity contribution >= 4 is 5.91 Å². The fourth-order valence-electron chi connectivity index (χ4n) is 3.03. The molecule has 3 unspecified atom stereocenters. The van der Waals surface area contributed by atoms with Crippen LogP contribution in [-0.2, 0) is 4.79 Å². The maximum atomic E-state index is 12.0. The molecule has 0 bridgehead atoms. The standard InChI is InChI=1S/C16H33N3O/c1-6-9-19-10-7-8-15(11-19)13(4)18-14(5)16(20)17-12(2)3/h12-15,18H,6-11H2,1-5H3,(H,17,20). The highest BCUT2D eigenvalue weighted by atomic mass is 16.2. The van der Waals surface area contributed by atoms with Crippen LogP contribution in [-0.4, -0.2) is 48.6 Å². The van der Waals surface area contributed by atoms with Crippen LogP contribution in [0.15, 0.2) is 0 Å². The van der Waals surface area contributed by atoms with Gasteiger partial charge in [0, 0.05) is 18.6 Å². The molecule has 0 saturated carbocycles. The van der Waals surface area contributed by atoms with Crippen LogP contribution in [0.3, 0.4) is 0 Å². The summed E-state index contributed by atoms with van der Waals surface area (Å²) in [7, 11) is 0. The first-order chi connectivity index (χ1) is 9.43. The Bertz CT molecular complexity index is 291. The van der Waals surface area contributed by atoms with E-state index in [4.69, 9.17) is 0 Å². The van der Waals surface area contributed by atoms with Gasteiger partial charge in [0.15, 0.2) is 0 Å². The van der Waals surface area contributed by atoms with Gasteiger partial charge in [-0.1, -0.05) is 6.92 Å². The van der Waals surface area contributed by atoms with Crippen molar-refractivity contribution in [3.63, 3.8) is 0 Å². The summed E-state index contributed by atoms with van der Waals surface area (Å²) in [6.07, 6.45) is 3.78. The van der Waals surface area contributed by atoms with Gasteiger partial charge in [-0.2, -0.15) is 0 Å². The second-order valence-corrected chi connectivity index (χ2v) is 6.54. The third-order valence-corrected chi connectivity index (χ3v) is 4.13. The lowest BCUT2D eigenvalue weighted by Gasteiger charge is -2.36. The van der Waals surface area contributed by atoms with Crippen LogP contribution in [0.25, 0.3) is 0 Å². The van der Waals surface area contributed by atoms with Crippen molar-refractivity contribution in [1.82, 2.24) is 15.5 Å². The predicted molar refractivity (Wildman–Crippen MR) is 84.8 cm³/mol. The molecule has 1 amide bonds. The van der Waals surface area contributed by atoms with Crippen molar-refractivity contribution in [3.05, 3.63) is 0 Å². The summed E-state index contributed by atoms with van der Waals surface area (Å²) >= 11 is 0. The molecule has 1 saturated heterocycles. The van der Waals surface area contributed by atoms with Gasteiger partial charge in [-0.25, -0.2) is 0 Å². The Kier molecular flexibility index (Phi) is 7.52. The third kappa shape index (κ3) is 5.80. The maximum absolute atomic E-state index is 12.0. The Balaban J connectivity index is 2.40. The molecule has 1 aliphatic rings. The molecule has 0 aromatic carbocycles. The van der Waals surface area contributed by atoms with Crippen molar-refractivity contribution < 1.29 is 4.79 Å². The van der Waals surface area contributed by atoms with Crippen molar-refractivity contribution in [2.75, 3.05) is 19.6 Å². The van der Waals surface area contributed by atoms with Gasteiger partial charge in [-0.15, -0.1) is 0 Å². The lowest BCUT2D eigenvalue weighted by atomic mass is 9.91. The van der Waals surface area contributed by atoms with Crippen LogP contribution in [0.5, 0.6) is 0 Å². The average molecular weight is 283 g/mol. The summed E-state index contributed by atoms with van der Waals surface area (Å²) in [5, 5.41) is 6.45. The quantitative estimate of drug-likeness (QED) is 0.751. The highest BCUT2D eigenvalue weighted by molar-refractivity contribution is 5.81. The van der Waals surface area contributed by atoms with Gasteiger partial charge in [-0.05, 0) is 66.0 Å². The van der Waals surface area contributed by atoms with Gasteiger partial charge >= 0.3 is 0 Å². The number of nitrogens with one attached hydrogen (secondary N) is 2. The molecule has 0 spiro atoms. The van der Waals surface area contributed by atoms with Gasteiger partial charge in [-0.3, -0.25) is 4.79 Å². The van der Waals surface area contributed by atoms with Crippen LogP contribution in [0.4, 0.5) is 0 Å². The number of amides is 1. The van der Waals surface area contributed by atoms with Gasteiger partial charge in [0.25, 0.3) is 0 Å². The van der Waals surface area contributed by atoms with Gasteiger partial charge in [0.1, 0.15) is 0 Å². The van der Waals surface area contributed by atoms with E-state index in [1.807, 2.05) is 20.8 Å². The van der Waals surface area contributed by atoms with E-state index < -0.39 is 0 Å². The summed E-state index contributed by atoms with van der Waals surface area (Å²) in [5.74, 6) is 0.762. The smallest absolute Gasteiger partial charge is 0.237 e. The van der Waals surface area contributed by atoms with E-state index in [9.17, 15) is 4.79 Å². The number of rotatable bonds is 7. The first-order valence-electron chi connectivity index (χ1n) is 8.22. The first kappa shape index (κ1) is 17.4. The number of carbonyl (C=O) groups excluding carboxylic acids is 1. The summed E-state index contributed by atoms with van der Waals surface area (Å²) in [6, 6.07) is 0.480. The molecule has 2 N–H and O–H groups in total. The fraction of sp³-hybridized carbons (Fsp3) is 0.938. The third-order valence-electron chi connectivity index (χ3n) is 4.13. The van der Waals surface area contributed by atoms with Crippen LogP contribution < -0.4 is 10.6 Å². The van der Waals surface area contributed by atoms with E-state index in [2.05, 4.69) is 29.4 Å². The monoisotopic (exact) mass is 283 g/mol. The second-order valence-electron chi connectivity index (χ2n) is 6.54. The van der Waals surface area contributed by atoms with Crippen molar-refractivity contribution in [2.24, 2.45) is 5.92 Å². The minimum Gasteiger partial charge on any atom is -0.353 e. The number of hydrogen-bond acceptors (Lipinski definition) is 3. The van der Waals surface area contributed by atoms with Crippen molar-refractivity contribution in [3.8, 4) is 0 Å². The van der Waals surface area contributed by atoms with Crippen LogP contribution in [0.2, 0.25) is 0 Å². The Hall–Kier alpha value is -0.610. The van der Waals surface area contributed by atoms with Crippen LogP contribution in [0.1, 0.15) is 53.9 Å². The Labute approximate surface area is 124 Å². The van der Waals surface area contributed by atoms with E-state index in [1.54, 1.807) is 0 Å². The Morgan fingerprint density at radius 3 is 2.60 bits per heavy atom. The first-order valence-corrected chi connectivity index (χ1v) is 8.22. The molecule has 0 radical (unpaired) electrons. The molecule has 1 rings (SSSR count). The molecule has 1 aliphatic heterocycles. The largest absolute Gasteiger partial charge is 0.353 e. The fourth-order valence-corrected chi connectivity index (χ4v) is 3.03. The zero-order chi connectivity index (χ0) is 15.1. The molecule has 0 aliphatic carbocycles. The molecule has 4 nitrogen and oxygen atoms in total. The van der Waals surface area contributed by atoms with Crippen LogP contribution in [0, 0.1) is 5.92 Å². The molecular weight excluding hydrogens is 250 g/mol. The molecular formula is C16H33N3O. The zero-order valence-electron chi connectivity index (χ0n) is 13.9. The van der Waals surface area contributed by atoms with E-state index in [-0.39, 0.29) is 18.0 Å². The summed E-state index contributed by atoms with van der Waals surface area (Å²) < 4.78 is 0. The lowest BCUT2D eigenvalue weighted by Crippen LogP contribution is -2.52. The zero-order valence-corrected chi connectivity index (χ0v) is 13.9. The summed E-state index contributed by atoms with van der Waals surface area (Å²) in [6.45, 7) is 14.0. The molecule has 4 heteroatoms. The molecule has 20 heavy (non-hydrogen) atoms. The number of piperidine rings is 1. The summed E-state index contributed by atoms with van der Waals surface area (Å²) in [4.78, 5) is 14.5. The van der Waals surface area contributed by atoms with E-state index in [0.717, 1.165) is 0 Å². The van der Waals surface area contributed by atoms with E-state index in [1.165, 1.54) is 38.9 Å². The van der Waals surface area contributed by atoms with Crippen molar-refractivity contribution in [2.45, 2.75) is 72.0 Å². The minimum absolute atomic E-state index is 0.105. The molecule has 3 atom stereocenters. The number of nitrogens with zero attached hydrogens (tertiary/aromatic N) is 1. The molecule has 1 heterocycles.